The molecule has 34 heavy (non-hydrogen) atoms. The summed E-state index contributed by atoms with van der Waals surface area (Å²) in [6.07, 6.45) is 1.67. The molecule has 2 aromatic carbocycles. The molecule has 9 nitrogen and oxygen atoms in total. The Hall–Kier alpha value is -3.85. The molecule has 0 bridgehead atoms. The van der Waals surface area contributed by atoms with Crippen molar-refractivity contribution < 1.29 is 14.3 Å². The number of hydrogen-bond donors (Lipinski definition) is 1. The van der Waals surface area contributed by atoms with Gasteiger partial charge in [-0.05, 0) is 36.8 Å². The second kappa shape index (κ2) is 8.18. The summed E-state index contributed by atoms with van der Waals surface area (Å²) in [5.41, 5.74) is 3.37. The number of rotatable bonds is 4. The lowest BCUT2D eigenvalue weighted by Gasteiger charge is -2.34. The Morgan fingerprint density at radius 1 is 1.03 bits per heavy atom. The van der Waals surface area contributed by atoms with E-state index in [0.717, 1.165) is 58.5 Å². The molecule has 1 N–H and O–H groups in total. The molecule has 1 amide bonds. The highest BCUT2D eigenvalue weighted by Crippen LogP contribution is 2.33. The van der Waals surface area contributed by atoms with Crippen LogP contribution in [0.2, 0.25) is 0 Å². The summed E-state index contributed by atoms with van der Waals surface area (Å²) in [6, 6.07) is 12.0. The molecule has 0 unspecified atom stereocenters. The Bertz CT molecular complexity index is 1470. The monoisotopic (exact) mass is 459 g/mol. The number of benzene rings is 2. The van der Waals surface area contributed by atoms with Crippen LogP contribution in [0.25, 0.3) is 21.8 Å². The maximum absolute atomic E-state index is 13.0. The summed E-state index contributed by atoms with van der Waals surface area (Å²) in [5, 5.41) is 6.05. The fourth-order valence-electron chi connectivity index (χ4n) is 4.73. The molecule has 0 atom stereocenters. The third-order valence-corrected chi connectivity index (χ3v) is 6.62. The number of piperazine rings is 1. The SMILES string of the molecule is Cc1ccc2[nH]c3c(=O)n(CC(=O)N4CCN(Cc5ccc6c(c5)OCO6)CC4)ncc3c2c1. The highest BCUT2D eigenvalue weighted by molar-refractivity contribution is 6.06. The number of nitrogens with zero attached hydrogens (tertiary/aromatic N) is 4. The molecule has 2 aromatic heterocycles. The van der Waals surface area contributed by atoms with Gasteiger partial charge in [0.25, 0.3) is 5.56 Å². The zero-order valence-corrected chi connectivity index (χ0v) is 18.9. The number of carbonyl (C=O) groups excluding carboxylic acids is 1. The van der Waals surface area contributed by atoms with E-state index in [1.165, 1.54) is 4.68 Å². The molecule has 0 spiro atoms. The van der Waals surface area contributed by atoms with Crippen LogP contribution in [0, 0.1) is 6.92 Å². The number of aryl methyl sites for hydroxylation is 1. The van der Waals surface area contributed by atoms with Crippen LogP contribution in [0.15, 0.2) is 47.4 Å². The third-order valence-electron chi connectivity index (χ3n) is 6.62. The molecule has 0 aliphatic carbocycles. The number of H-pyrrole nitrogens is 1. The van der Waals surface area contributed by atoms with Gasteiger partial charge in [-0.1, -0.05) is 17.7 Å². The van der Waals surface area contributed by atoms with Gasteiger partial charge in [-0.15, -0.1) is 0 Å². The van der Waals surface area contributed by atoms with Crippen LogP contribution < -0.4 is 15.0 Å². The van der Waals surface area contributed by atoms with Crippen molar-refractivity contribution in [2.45, 2.75) is 20.0 Å². The van der Waals surface area contributed by atoms with Crippen LogP contribution in [0.3, 0.4) is 0 Å². The summed E-state index contributed by atoms with van der Waals surface area (Å²) in [7, 11) is 0. The fourth-order valence-corrected chi connectivity index (χ4v) is 4.73. The van der Waals surface area contributed by atoms with Crippen molar-refractivity contribution in [1.29, 1.82) is 0 Å². The molecular weight excluding hydrogens is 434 g/mol. The van der Waals surface area contributed by atoms with Crippen LogP contribution in [0.1, 0.15) is 11.1 Å². The second-order valence-electron chi connectivity index (χ2n) is 8.91. The maximum atomic E-state index is 13.0. The molecule has 9 heteroatoms. The number of nitrogens with one attached hydrogen (secondary N) is 1. The number of amides is 1. The van der Waals surface area contributed by atoms with Crippen LogP contribution in [-0.2, 0) is 17.9 Å². The largest absolute Gasteiger partial charge is 0.454 e. The van der Waals surface area contributed by atoms with Gasteiger partial charge in [0.2, 0.25) is 12.7 Å². The van der Waals surface area contributed by atoms with E-state index in [4.69, 9.17) is 9.47 Å². The summed E-state index contributed by atoms with van der Waals surface area (Å²) in [5.74, 6) is 1.47. The van der Waals surface area contributed by atoms with Gasteiger partial charge in [0.15, 0.2) is 11.5 Å². The van der Waals surface area contributed by atoms with Crippen molar-refractivity contribution in [3.63, 3.8) is 0 Å². The number of fused-ring (bicyclic) bond motifs is 4. The Balaban J connectivity index is 1.11. The minimum Gasteiger partial charge on any atom is -0.454 e. The number of hydrogen-bond acceptors (Lipinski definition) is 6. The van der Waals surface area contributed by atoms with Crippen molar-refractivity contribution in [2.24, 2.45) is 0 Å². The van der Waals surface area contributed by atoms with Crippen LogP contribution in [0.5, 0.6) is 11.5 Å². The van der Waals surface area contributed by atoms with Crippen molar-refractivity contribution in [1.82, 2.24) is 24.6 Å². The standard InChI is InChI=1S/C25H25N5O4/c1-16-2-4-20-18(10-16)19-12-26-30(25(32)24(19)27-20)14-23(31)29-8-6-28(7-9-29)13-17-3-5-21-22(11-17)34-15-33-21/h2-5,10-12,27H,6-9,13-15H2,1H3. The summed E-state index contributed by atoms with van der Waals surface area (Å²) >= 11 is 0. The van der Waals surface area contributed by atoms with Gasteiger partial charge in [-0.25, -0.2) is 4.68 Å². The average molecular weight is 460 g/mol. The Kier molecular flexibility index (Phi) is 4.99. The molecule has 2 aliphatic rings. The lowest BCUT2D eigenvalue weighted by atomic mass is 10.1. The van der Waals surface area contributed by atoms with Gasteiger partial charge in [0, 0.05) is 49.0 Å². The molecule has 4 heterocycles. The smallest absolute Gasteiger partial charge is 0.291 e. The van der Waals surface area contributed by atoms with Gasteiger partial charge in [0.05, 0.1) is 6.20 Å². The van der Waals surface area contributed by atoms with E-state index >= 15 is 0 Å². The molecule has 174 valence electrons. The molecule has 1 saturated heterocycles. The molecular formula is C25H25N5O4. The Morgan fingerprint density at radius 2 is 1.85 bits per heavy atom. The highest BCUT2D eigenvalue weighted by atomic mass is 16.7. The third kappa shape index (κ3) is 3.67. The summed E-state index contributed by atoms with van der Waals surface area (Å²) in [6.45, 7) is 5.77. The predicted molar refractivity (Wildman–Crippen MR) is 127 cm³/mol. The van der Waals surface area contributed by atoms with E-state index in [9.17, 15) is 9.59 Å². The molecule has 1 fully saturated rings. The van der Waals surface area contributed by atoms with Crippen molar-refractivity contribution in [3.05, 3.63) is 64.1 Å². The topological polar surface area (TPSA) is 92.7 Å². The van der Waals surface area contributed by atoms with E-state index in [1.807, 2.05) is 48.2 Å². The molecule has 6 rings (SSSR count). The number of aromatic amines is 1. The maximum Gasteiger partial charge on any atom is 0.291 e. The van der Waals surface area contributed by atoms with Crippen molar-refractivity contribution in [2.75, 3.05) is 33.0 Å². The lowest BCUT2D eigenvalue weighted by molar-refractivity contribution is -0.133. The Labute approximate surface area is 195 Å². The molecule has 0 saturated carbocycles. The van der Waals surface area contributed by atoms with E-state index < -0.39 is 0 Å². The lowest BCUT2D eigenvalue weighted by Crippen LogP contribution is -2.49. The van der Waals surface area contributed by atoms with Crippen LogP contribution >= 0.6 is 0 Å². The number of ether oxygens (including phenoxy) is 2. The van der Waals surface area contributed by atoms with E-state index in [2.05, 4.69) is 15.0 Å². The van der Waals surface area contributed by atoms with Crippen molar-refractivity contribution in [3.8, 4) is 11.5 Å². The van der Waals surface area contributed by atoms with Crippen molar-refractivity contribution >= 4 is 27.7 Å². The number of carbonyl (C=O) groups is 1. The highest BCUT2D eigenvalue weighted by Gasteiger charge is 2.23. The van der Waals surface area contributed by atoms with E-state index in [0.29, 0.717) is 18.6 Å². The molecule has 2 aliphatic heterocycles. The van der Waals surface area contributed by atoms with Crippen LogP contribution in [-0.4, -0.2) is 63.4 Å². The first-order valence-electron chi connectivity index (χ1n) is 11.4. The minimum absolute atomic E-state index is 0.0642. The first-order valence-corrected chi connectivity index (χ1v) is 11.4. The number of aromatic nitrogens is 3. The summed E-state index contributed by atoms with van der Waals surface area (Å²) in [4.78, 5) is 33.2. The zero-order valence-electron chi connectivity index (χ0n) is 18.9. The van der Waals surface area contributed by atoms with E-state index in [-0.39, 0.29) is 24.8 Å². The van der Waals surface area contributed by atoms with Gasteiger partial charge < -0.3 is 19.4 Å². The Morgan fingerprint density at radius 3 is 2.71 bits per heavy atom. The van der Waals surface area contributed by atoms with Gasteiger partial charge >= 0.3 is 0 Å². The molecule has 4 aromatic rings. The van der Waals surface area contributed by atoms with Gasteiger partial charge in [0.1, 0.15) is 12.1 Å². The predicted octanol–water partition coefficient (Wildman–Crippen LogP) is 2.26. The van der Waals surface area contributed by atoms with Gasteiger partial charge in [-0.3, -0.25) is 14.5 Å². The first kappa shape index (κ1) is 20.7. The second-order valence-corrected chi connectivity index (χ2v) is 8.91. The molecule has 0 radical (unpaired) electrons. The average Bonchev–Trinajstić information content (AvgIpc) is 3.45. The quantitative estimate of drug-likeness (QED) is 0.503. The summed E-state index contributed by atoms with van der Waals surface area (Å²) < 4.78 is 12.1. The zero-order chi connectivity index (χ0) is 23.2. The van der Waals surface area contributed by atoms with Gasteiger partial charge in [-0.2, -0.15) is 5.10 Å². The van der Waals surface area contributed by atoms with E-state index in [1.54, 1.807) is 6.20 Å². The normalized spacial score (nSPS) is 16.0. The minimum atomic E-state index is -0.277. The van der Waals surface area contributed by atoms with Crippen LogP contribution in [0.4, 0.5) is 0 Å². The first-order chi connectivity index (χ1) is 16.5. The fraction of sp³-hybridized carbons (Fsp3) is 0.320.